The van der Waals surface area contributed by atoms with E-state index in [9.17, 15) is 17.1 Å². The Balaban J connectivity index is 2.13. The van der Waals surface area contributed by atoms with Crippen molar-refractivity contribution in [2.24, 2.45) is 0 Å². The molecule has 2 aromatic rings. The van der Waals surface area contributed by atoms with Gasteiger partial charge in [-0.2, -0.15) is 8.42 Å². The third-order valence-corrected chi connectivity index (χ3v) is 4.97. The normalized spacial score (nSPS) is 19.4. The summed E-state index contributed by atoms with van der Waals surface area (Å²) in [7, 11) is -4.71. The Labute approximate surface area is 122 Å². The van der Waals surface area contributed by atoms with Crippen molar-refractivity contribution in [3.63, 3.8) is 0 Å². The van der Waals surface area contributed by atoms with Gasteiger partial charge in [-0.25, -0.2) is 0 Å². The van der Waals surface area contributed by atoms with Crippen molar-refractivity contribution in [2.45, 2.75) is 18.6 Å². The molecule has 3 rings (SSSR count). The van der Waals surface area contributed by atoms with Gasteiger partial charge in [0.2, 0.25) is 5.91 Å². The second-order valence-electron chi connectivity index (χ2n) is 5.26. The Morgan fingerprint density at radius 2 is 1.90 bits per heavy atom. The Morgan fingerprint density at radius 3 is 2.57 bits per heavy atom. The van der Waals surface area contributed by atoms with Crippen molar-refractivity contribution >= 4 is 32.6 Å². The lowest BCUT2D eigenvalue weighted by molar-refractivity contribution is -0.117. The van der Waals surface area contributed by atoms with E-state index in [1.165, 1.54) is 4.90 Å². The predicted octanol–water partition coefficient (Wildman–Crippen LogP) is 2.55. The third-order valence-electron chi connectivity index (χ3n) is 3.86. The smallest absolute Gasteiger partial charge is 0.307 e. The van der Waals surface area contributed by atoms with Crippen molar-refractivity contribution in [3.05, 3.63) is 42.0 Å². The van der Waals surface area contributed by atoms with Gasteiger partial charge in [-0.15, -0.1) is 3.89 Å². The lowest BCUT2D eigenvalue weighted by Crippen LogP contribution is -2.27. The maximum absolute atomic E-state index is 13.2. The highest BCUT2D eigenvalue weighted by atomic mass is 32.3. The summed E-state index contributed by atoms with van der Waals surface area (Å²) in [6.45, 7) is 1.72. The number of halogens is 1. The summed E-state index contributed by atoms with van der Waals surface area (Å²) in [5.41, 5.74) is 1.53. The highest BCUT2D eigenvalue weighted by Gasteiger charge is 2.39. The molecule has 2 aromatic carbocycles. The Hall–Kier alpha value is -1.95. The molecular formula is C15H14FNO3S. The molecule has 6 heteroatoms. The largest absolute Gasteiger partial charge is 0.310 e. The topological polar surface area (TPSA) is 54.5 Å². The summed E-state index contributed by atoms with van der Waals surface area (Å²) in [6.07, 6.45) is -0.304. The lowest BCUT2D eigenvalue weighted by Gasteiger charge is -2.21. The van der Waals surface area contributed by atoms with E-state index >= 15 is 0 Å². The minimum atomic E-state index is -4.71. The fourth-order valence-corrected chi connectivity index (χ4v) is 3.47. The number of anilines is 1. The number of benzene rings is 2. The van der Waals surface area contributed by atoms with E-state index in [0.717, 1.165) is 16.3 Å². The summed E-state index contributed by atoms with van der Waals surface area (Å²) in [6, 6.07) is 11.4. The molecule has 0 aromatic heterocycles. The first kappa shape index (κ1) is 14.0. The van der Waals surface area contributed by atoms with Crippen LogP contribution >= 0.6 is 0 Å². The van der Waals surface area contributed by atoms with Crippen LogP contribution in [-0.2, 0) is 15.0 Å². The molecule has 21 heavy (non-hydrogen) atoms. The first-order valence-electron chi connectivity index (χ1n) is 6.60. The van der Waals surface area contributed by atoms with Crippen LogP contribution in [0.2, 0.25) is 0 Å². The quantitative estimate of drug-likeness (QED) is 0.801. The molecule has 4 nitrogen and oxygen atoms in total. The van der Waals surface area contributed by atoms with Gasteiger partial charge in [-0.1, -0.05) is 36.4 Å². The average molecular weight is 307 g/mol. The fourth-order valence-electron chi connectivity index (χ4n) is 2.80. The van der Waals surface area contributed by atoms with Crippen molar-refractivity contribution < 1.29 is 17.1 Å². The summed E-state index contributed by atoms with van der Waals surface area (Å²) < 4.78 is 35.3. The molecule has 1 atom stereocenters. The molecule has 0 radical (unpaired) electrons. The molecular weight excluding hydrogens is 293 g/mol. The van der Waals surface area contributed by atoms with Crippen molar-refractivity contribution in [1.82, 2.24) is 0 Å². The molecule has 0 bridgehead atoms. The number of carbonyl (C=O) groups is 1. The van der Waals surface area contributed by atoms with Crippen LogP contribution in [-0.4, -0.2) is 26.1 Å². The van der Waals surface area contributed by atoms with Crippen molar-refractivity contribution in [1.29, 1.82) is 0 Å². The molecule has 1 aliphatic rings. The van der Waals surface area contributed by atoms with Gasteiger partial charge in [-0.3, -0.25) is 4.79 Å². The maximum atomic E-state index is 13.2. The fraction of sp³-hybridized carbons (Fsp3) is 0.267. The molecule has 0 aliphatic carbocycles. The second-order valence-corrected chi connectivity index (χ2v) is 6.88. The molecule has 1 fully saturated rings. The Bertz CT molecular complexity index is 832. The van der Waals surface area contributed by atoms with Crippen LogP contribution in [0.25, 0.3) is 10.8 Å². The van der Waals surface area contributed by atoms with E-state index in [4.69, 9.17) is 0 Å². The van der Waals surface area contributed by atoms with Crippen molar-refractivity contribution in [3.8, 4) is 0 Å². The van der Waals surface area contributed by atoms with Gasteiger partial charge in [0.1, 0.15) is 5.25 Å². The van der Waals surface area contributed by atoms with E-state index in [0.29, 0.717) is 5.69 Å². The zero-order valence-corrected chi connectivity index (χ0v) is 12.2. The SMILES string of the molecule is Cc1ccc2ccccc2c1N1CC(S(=O)(=O)F)CC1=O. The van der Waals surface area contributed by atoms with E-state index in [-0.39, 0.29) is 18.9 Å². The van der Waals surface area contributed by atoms with E-state index in [1.807, 2.05) is 43.3 Å². The van der Waals surface area contributed by atoms with E-state index in [1.54, 1.807) is 0 Å². The van der Waals surface area contributed by atoms with Crippen LogP contribution in [0.15, 0.2) is 36.4 Å². The van der Waals surface area contributed by atoms with Gasteiger partial charge in [0, 0.05) is 18.4 Å². The molecule has 1 aliphatic heterocycles. The van der Waals surface area contributed by atoms with Crippen molar-refractivity contribution in [2.75, 3.05) is 11.4 Å². The van der Waals surface area contributed by atoms with Crippen LogP contribution in [0, 0.1) is 6.92 Å². The summed E-state index contributed by atoms with van der Waals surface area (Å²) in [5, 5.41) is 0.545. The number of hydrogen-bond donors (Lipinski definition) is 0. The first-order valence-corrected chi connectivity index (χ1v) is 8.05. The number of hydrogen-bond acceptors (Lipinski definition) is 3. The number of aryl methyl sites for hydroxylation is 1. The summed E-state index contributed by atoms with van der Waals surface area (Å²) in [4.78, 5) is 13.5. The number of nitrogens with zero attached hydrogens (tertiary/aromatic N) is 1. The zero-order valence-electron chi connectivity index (χ0n) is 11.4. The molecule has 110 valence electrons. The molecule has 0 saturated carbocycles. The Kier molecular flexibility index (Phi) is 3.20. The van der Waals surface area contributed by atoms with Gasteiger partial charge in [0.05, 0.1) is 5.69 Å². The highest BCUT2D eigenvalue weighted by molar-refractivity contribution is 7.87. The lowest BCUT2D eigenvalue weighted by atomic mass is 10.0. The van der Waals surface area contributed by atoms with Gasteiger partial charge in [0.25, 0.3) is 0 Å². The van der Waals surface area contributed by atoms with Crippen LogP contribution in [0.3, 0.4) is 0 Å². The van der Waals surface area contributed by atoms with Gasteiger partial charge in [-0.05, 0) is 17.9 Å². The van der Waals surface area contributed by atoms with Crippen LogP contribution in [0.5, 0.6) is 0 Å². The third kappa shape index (κ3) is 2.40. The molecule has 0 spiro atoms. The summed E-state index contributed by atoms with van der Waals surface area (Å²) in [5.74, 6) is -0.360. The van der Waals surface area contributed by atoms with Crippen LogP contribution in [0.4, 0.5) is 9.57 Å². The van der Waals surface area contributed by atoms with E-state index < -0.39 is 15.5 Å². The number of amides is 1. The molecule has 1 unspecified atom stereocenters. The Morgan fingerprint density at radius 1 is 1.19 bits per heavy atom. The monoisotopic (exact) mass is 307 g/mol. The molecule has 1 amide bonds. The van der Waals surface area contributed by atoms with Gasteiger partial charge < -0.3 is 4.90 Å². The first-order chi connectivity index (χ1) is 9.88. The number of rotatable bonds is 2. The standard InChI is InChI=1S/C15H14FNO3S/c1-10-6-7-11-4-2-3-5-13(11)15(10)17-9-12(8-14(17)18)21(16,19)20/h2-7,12H,8-9H2,1H3. The average Bonchev–Trinajstić information content (AvgIpc) is 2.80. The predicted molar refractivity (Wildman–Crippen MR) is 79.5 cm³/mol. The number of carbonyl (C=O) groups excluding carboxylic acids is 1. The minimum absolute atomic E-state index is 0.132. The molecule has 0 N–H and O–H groups in total. The second kappa shape index (κ2) is 4.80. The summed E-state index contributed by atoms with van der Waals surface area (Å²) >= 11 is 0. The molecule has 1 heterocycles. The van der Waals surface area contributed by atoms with Crippen LogP contribution in [0.1, 0.15) is 12.0 Å². The van der Waals surface area contributed by atoms with Gasteiger partial charge in [0.15, 0.2) is 0 Å². The highest BCUT2D eigenvalue weighted by Crippen LogP contribution is 2.34. The molecule has 1 saturated heterocycles. The zero-order chi connectivity index (χ0) is 15.2. The minimum Gasteiger partial charge on any atom is -0.310 e. The van der Waals surface area contributed by atoms with Gasteiger partial charge >= 0.3 is 10.2 Å². The van der Waals surface area contributed by atoms with Crippen LogP contribution < -0.4 is 4.90 Å². The maximum Gasteiger partial charge on any atom is 0.307 e. The number of fused-ring (bicyclic) bond motifs is 1. The van der Waals surface area contributed by atoms with E-state index in [2.05, 4.69) is 0 Å².